The molecule has 1 N–H and O–H groups in total. The van der Waals surface area contributed by atoms with E-state index in [1.54, 1.807) is 0 Å². The molecule has 0 fully saturated rings. The molecule has 0 atom stereocenters. The van der Waals surface area contributed by atoms with Gasteiger partial charge in [0, 0.05) is 54.8 Å². The van der Waals surface area contributed by atoms with Crippen LogP contribution in [0.2, 0.25) is 0 Å². The molecule has 0 spiro atoms. The molecule has 0 amide bonds. The maximum atomic E-state index is 11.9. The Balaban J connectivity index is 0.000000362. The van der Waals surface area contributed by atoms with E-state index in [1.165, 1.54) is 44.3 Å². The Bertz CT molecular complexity index is 2250. The molecule has 1 aliphatic rings. The van der Waals surface area contributed by atoms with Crippen molar-refractivity contribution in [3.63, 3.8) is 0 Å². The molecule has 4 aromatic carbocycles. The summed E-state index contributed by atoms with van der Waals surface area (Å²) in [4.78, 5) is 16.8. The second-order valence-electron chi connectivity index (χ2n) is 20.2. The van der Waals surface area contributed by atoms with Crippen molar-refractivity contribution in [3.8, 4) is 22.8 Å². The Hall–Kier alpha value is -3.53. The Morgan fingerprint density at radius 2 is 1.40 bits per heavy atom. The van der Waals surface area contributed by atoms with Crippen molar-refractivity contribution in [2.45, 2.75) is 142 Å². The van der Waals surface area contributed by atoms with E-state index in [0.29, 0.717) is 0 Å². The van der Waals surface area contributed by atoms with E-state index in [9.17, 15) is 9.90 Å². The van der Waals surface area contributed by atoms with Crippen LogP contribution in [0.5, 0.6) is 11.5 Å². The molecule has 2 heterocycles. The van der Waals surface area contributed by atoms with Gasteiger partial charge in [0.2, 0.25) is 0 Å². The van der Waals surface area contributed by atoms with Crippen LogP contribution in [0, 0.1) is 33.6 Å². The maximum Gasteiger partial charge on any atom is 0.162 e. The molecule has 1 radical (unpaired) electrons. The van der Waals surface area contributed by atoms with Gasteiger partial charge in [0.1, 0.15) is 11.5 Å². The molecular formula is C52H68IrNO3-. The molecule has 309 valence electrons. The third kappa shape index (κ3) is 10.6. The summed E-state index contributed by atoms with van der Waals surface area (Å²) in [6.07, 6.45) is 9.74. The number of hydrogen-bond acceptors (Lipinski definition) is 4. The summed E-state index contributed by atoms with van der Waals surface area (Å²) >= 11 is 0. The van der Waals surface area contributed by atoms with Crippen LogP contribution < -0.4 is 4.74 Å². The summed E-state index contributed by atoms with van der Waals surface area (Å²) in [5.41, 5.74) is 6.19. The number of ether oxygens (including phenoxy) is 1. The number of aromatic nitrogens is 1. The smallest absolute Gasteiger partial charge is 0.162 e. The molecule has 5 aromatic rings. The molecule has 4 nitrogen and oxygen atoms in total. The number of allylic oxidation sites excluding steroid dienone is 2. The van der Waals surface area contributed by atoms with Gasteiger partial charge in [-0.05, 0) is 95.0 Å². The fourth-order valence-electron chi connectivity index (χ4n) is 8.12. The van der Waals surface area contributed by atoms with Gasteiger partial charge in [0.05, 0.1) is 5.75 Å². The standard InChI is InChI=1S/C38H42NO.C14H26O2.Ir/c1-36(2,3)20-23-13-14-26-25(17-23)18-30-34-33-28(15-16-39-34)27-12-10-11-24(21-37(4,5)6)29(27)19-32(33)40-35(30)31(26)22-38(7,8)9;1-6-11(7-2)12(15)10-13(16)14(5,8-3)9-4;/h10-17,19H,20-22H2,1-9H3;10-11,16H,6-9H2,1-5H3;/q-1;;/b;13-10-;. The normalized spacial score (nSPS) is 13.3. The summed E-state index contributed by atoms with van der Waals surface area (Å²) in [7, 11) is 0. The van der Waals surface area contributed by atoms with Gasteiger partial charge in [-0.1, -0.05) is 149 Å². The van der Waals surface area contributed by atoms with E-state index in [2.05, 4.69) is 117 Å². The number of aliphatic hydroxyl groups excluding tert-OH is 1. The van der Waals surface area contributed by atoms with Crippen LogP contribution >= 0.6 is 0 Å². The van der Waals surface area contributed by atoms with Crippen LogP contribution in [0.1, 0.15) is 139 Å². The van der Waals surface area contributed by atoms with Crippen molar-refractivity contribution in [1.29, 1.82) is 0 Å². The molecule has 0 saturated carbocycles. The third-order valence-electron chi connectivity index (χ3n) is 11.6. The van der Waals surface area contributed by atoms with Crippen molar-refractivity contribution < 1.29 is 34.7 Å². The van der Waals surface area contributed by atoms with E-state index in [4.69, 9.17) is 9.72 Å². The number of hydrogen-bond donors (Lipinski definition) is 1. The SMILES string of the molecule is CC(C)(C)Cc1ccc2c(CC(C)(C)C)c3c([c-]c2c1)-c1nccc2c1c(cc1c(CC(C)(C)C)cccc12)O3.CCC(CC)C(=O)/C=C(\O)C(C)(CC)CC.[Ir]. The van der Waals surface area contributed by atoms with Gasteiger partial charge in [-0.15, -0.1) is 17.5 Å². The largest absolute Gasteiger partial charge is 0.512 e. The Morgan fingerprint density at radius 3 is 1.98 bits per heavy atom. The minimum Gasteiger partial charge on any atom is -0.512 e. The fraction of sp³-hybridized carbons (Fsp3) is 0.500. The molecule has 6 rings (SSSR count). The zero-order valence-corrected chi connectivity index (χ0v) is 39.7. The van der Waals surface area contributed by atoms with Gasteiger partial charge in [-0.3, -0.25) is 9.78 Å². The summed E-state index contributed by atoms with van der Waals surface area (Å²) in [5.74, 6) is 2.20. The molecule has 1 aromatic heterocycles. The minimum absolute atomic E-state index is 0. The van der Waals surface area contributed by atoms with E-state index in [0.717, 1.165) is 78.5 Å². The number of rotatable bonds is 10. The molecule has 57 heavy (non-hydrogen) atoms. The zero-order chi connectivity index (χ0) is 41.4. The third-order valence-corrected chi connectivity index (χ3v) is 11.6. The monoisotopic (exact) mass is 947 g/mol. The van der Waals surface area contributed by atoms with Crippen LogP contribution in [0.4, 0.5) is 0 Å². The van der Waals surface area contributed by atoms with Crippen molar-refractivity contribution >= 4 is 38.1 Å². The summed E-state index contributed by atoms with van der Waals surface area (Å²) in [5, 5.41) is 17.2. The van der Waals surface area contributed by atoms with E-state index in [1.807, 2.05) is 40.8 Å². The number of nitrogens with zero attached hydrogens (tertiary/aromatic N) is 1. The predicted octanol–water partition coefficient (Wildman–Crippen LogP) is 15.1. The number of benzene rings is 4. The first-order valence-electron chi connectivity index (χ1n) is 21.1. The number of fused-ring (bicyclic) bond motifs is 5. The van der Waals surface area contributed by atoms with Gasteiger partial charge < -0.3 is 9.84 Å². The molecule has 0 saturated heterocycles. The van der Waals surface area contributed by atoms with E-state index < -0.39 is 0 Å². The Labute approximate surface area is 357 Å². The van der Waals surface area contributed by atoms with Crippen LogP contribution in [0.25, 0.3) is 43.6 Å². The molecule has 1 aliphatic heterocycles. The van der Waals surface area contributed by atoms with Crippen molar-refractivity contribution in [2.24, 2.45) is 27.6 Å². The average Bonchev–Trinajstić information content (AvgIpc) is 3.11. The molecule has 5 heteroatoms. The molecule has 0 bridgehead atoms. The fourth-order valence-corrected chi connectivity index (χ4v) is 8.12. The van der Waals surface area contributed by atoms with Gasteiger partial charge >= 0.3 is 0 Å². The number of carbonyl (C=O) groups is 1. The number of carbonyl (C=O) groups excluding carboxylic acids is 1. The summed E-state index contributed by atoms with van der Waals surface area (Å²) in [6.45, 7) is 30.8. The molecule has 0 aliphatic carbocycles. The van der Waals surface area contributed by atoms with Crippen molar-refractivity contribution in [2.75, 3.05) is 0 Å². The van der Waals surface area contributed by atoms with Gasteiger partial charge in [-0.2, -0.15) is 0 Å². The first-order valence-corrected chi connectivity index (χ1v) is 21.1. The summed E-state index contributed by atoms with van der Waals surface area (Å²) in [6, 6.07) is 21.9. The second kappa shape index (κ2) is 17.8. The topological polar surface area (TPSA) is 59.4 Å². The second-order valence-corrected chi connectivity index (χ2v) is 20.2. The Morgan fingerprint density at radius 1 is 0.772 bits per heavy atom. The first kappa shape index (κ1) is 46.2. The quantitative estimate of drug-likeness (QED) is 0.0643. The van der Waals surface area contributed by atoms with Crippen LogP contribution in [0.3, 0.4) is 0 Å². The summed E-state index contributed by atoms with van der Waals surface area (Å²) < 4.78 is 6.97. The van der Waals surface area contributed by atoms with Gasteiger partial charge in [-0.25, -0.2) is 0 Å². The van der Waals surface area contributed by atoms with Crippen LogP contribution in [-0.4, -0.2) is 15.9 Å². The average molecular weight is 947 g/mol. The Kier molecular flexibility index (Phi) is 14.4. The van der Waals surface area contributed by atoms with E-state index in [-0.39, 0.29) is 59.2 Å². The maximum absolute atomic E-state index is 11.9. The van der Waals surface area contributed by atoms with Crippen molar-refractivity contribution in [1.82, 2.24) is 4.98 Å². The zero-order valence-electron chi connectivity index (χ0n) is 37.3. The predicted molar refractivity (Wildman–Crippen MR) is 239 cm³/mol. The minimum atomic E-state index is -0.248. The van der Waals surface area contributed by atoms with Crippen molar-refractivity contribution in [3.05, 3.63) is 89.3 Å². The van der Waals surface area contributed by atoms with Crippen LogP contribution in [-0.2, 0) is 44.2 Å². The number of aliphatic hydroxyl groups is 1. The molecular weight excluding hydrogens is 879 g/mol. The first-order chi connectivity index (χ1) is 26.1. The van der Waals surface area contributed by atoms with Crippen LogP contribution in [0.15, 0.2) is 66.6 Å². The number of ketones is 1. The number of pyridine rings is 1. The van der Waals surface area contributed by atoms with E-state index >= 15 is 0 Å². The van der Waals surface area contributed by atoms with Gasteiger partial charge in [0.25, 0.3) is 0 Å². The molecule has 0 unspecified atom stereocenters. The van der Waals surface area contributed by atoms with Gasteiger partial charge in [0.15, 0.2) is 5.78 Å².